The zero-order valence-electron chi connectivity index (χ0n) is 18.0. The van der Waals surface area contributed by atoms with Gasteiger partial charge in [0.05, 0.1) is 16.8 Å². The second kappa shape index (κ2) is 8.64. The van der Waals surface area contributed by atoms with E-state index in [0.717, 1.165) is 51.5 Å². The minimum Gasteiger partial charge on any atom is -0.368 e. The van der Waals surface area contributed by atoms with Crippen LogP contribution in [0.3, 0.4) is 0 Å². The fourth-order valence-electron chi connectivity index (χ4n) is 4.34. The molecular formula is C27H24ClN3O. The van der Waals surface area contributed by atoms with Gasteiger partial charge in [0, 0.05) is 47.8 Å². The smallest absolute Gasteiger partial charge is 0.254 e. The molecule has 0 aliphatic carbocycles. The summed E-state index contributed by atoms with van der Waals surface area (Å²) in [5.74, 6) is 0.0641. The van der Waals surface area contributed by atoms with Crippen LogP contribution in [0.2, 0.25) is 5.02 Å². The van der Waals surface area contributed by atoms with Gasteiger partial charge in [-0.2, -0.15) is 0 Å². The van der Waals surface area contributed by atoms with Crippen molar-refractivity contribution in [3.63, 3.8) is 0 Å². The van der Waals surface area contributed by atoms with Gasteiger partial charge >= 0.3 is 0 Å². The van der Waals surface area contributed by atoms with Gasteiger partial charge in [-0.25, -0.2) is 4.98 Å². The predicted molar refractivity (Wildman–Crippen MR) is 131 cm³/mol. The number of pyridine rings is 1. The van der Waals surface area contributed by atoms with E-state index in [0.29, 0.717) is 18.7 Å². The number of hydrogen-bond donors (Lipinski definition) is 0. The molecule has 1 saturated heterocycles. The number of fused-ring (bicyclic) bond motifs is 1. The maximum absolute atomic E-state index is 13.6. The third-order valence-corrected chi connectivity index (χ3v) is 6.38. The molecule has 5 heteroatoms. The molecule has 0 radical (unpaired) electrons. The van der Waals surface area contributed by atoms with Crippen molar-refractivity contribution in [2.45, 2.75) is 6.92 Å². The Hall–Kier alpha value is -3.37. The molecule has 0 saturated carbocycles. The Bertz CT molecular complexity index is 1280. The van der Waals surface area contributed by atoms with Gasteiger partial charge in [-0.1, -0.05) is 54.1 Å². The summed E-state index contributed by atoms with van der Waals surface area (Å²) in [5, 5.41) is 1.63. The summed E-state index contributed by atoms with van der Waals surface area (Å²) in [6, 6.07) is 25.9. The number of rotatable bonds is 3. The van der Waals surface area contributed by atoms with Crippen LogP contribution in [0.4, 0.5) is 5.69 Å². The molecule has 0 spiro atoms. The van der Waals surface area contributed by atoms with Crippen LogP contribution < -0.4 is 4.90 Å². The number of halogens is 1. The molecule has 4 aromatic rings. The van der Waals surface area contributed by atoms with Crippen LogP contribution in [0, 0.1) is 6.92 Å². The van der Waals surface area contributed by atoms with E-state index in [1.807, 2.05) is 71.6 Å². The molecule has 160 valence electrons. The summed E-state index contributed by atoms with van der Waals surface area (Å²) in [4.78, 5) is 22.7. The first kappa shape index (κ1) is 20.5. The number of aromatic nitrogens is 1. The van der Waals surface area contributed by atoms with Gasteiger partial charge < -0.3 is 9.80 Å². The van der Waals surface area contributed by atoms with Gasteiger partial charge in [0.15, 0.2) is 0 Å². The number of nitrogens with zero attached hydrogens (tertiary/aromatic N) is 3. The molecule has 5 rings (SSSR count). The Balaban J connectivity index is 1.44. The molecule has 1 amide bonds. The van der Waals surface area contributed by atoms with Crippen LogP contribution in [0.25, 0.3) is 22.2 Å². The van der Waals surface area contributed by atoms with Crippen LogP contribution in [-0.2, 0) is 0 Å². The average molecular weight is 442 g/mol. The highest BCUT2D eigenvalue weighted by Gasteiger charge is 2.24. The summed E-state index contributed by atoms with van der Waals surface area (Å²) < 4.78 is 0. The second-order valence-corrected chi connectivity index (χ2v) is 8.58. The molecule has 32 heavy (non-hydrogen) atoms. The first-order valence-electron chi connectivity index (χ1n) is 10.9. The van der Waals surface area contributed by atoms with Gasteiger partial charge in [0.25, 0.3) is 5.91 Å². The third kappa shape index (κ3) is 3.94. The minimum absolute atomic E-state index is 0.0641. The first-order chi connectivity index (χ1) is 15.6. The monoisotopic (exact) mass is 441 g/mol. The molecule has 1 aliphatic heterocycles. The standard InChI is InChI=1S/C27H24ClN3O/c1-19-6-2-3-7-22(19)26-18-24(23-8-4-5-9-25(23)29-26)27(32)31-16-14-30(15-17-31)21-12-10-20(28)11-13-21/h2-13,18H,14-17H2,1H3. The van der Waals surface area contributed by atoms with Crippen LogP contribution in [0.15, 0.2) is 78.9 Å². The SMILES string of the molecule is Cc1ccccc1-c1cc(C(=O)N2CCN(c3ccc(Cl)cc3)CC2)c2ccccc2n1. The quantitative estimate of drug-likeness (QED) is 0.401. The third-order valence-electron chi connectivity index (χ3n) is 6.13. The van der Waals surface area contributed by atoms with Crippen LogP contribution in [0.1, 0.15) is 15.9 Å². The van der Waals surface area contributed by atoms with Crippen LogP contribution in [0.5, 0.6) is 0 Å². The number of anilines is 1. The molecular weight excluding hydrogens is 418 g/mol. The Kier molecular flexibility index (Phi) is 5.54. The number of carbonyl (C=O) groups excluding carboxylic acids is 1. The molecule has 1 aromatic heterocycles. The fraction of sp³-hybridized carbons (Fsp3) is 0.185. The number of piperazine rings is 1. The van der Waals surface area contributed by atoms with E-state index in [4.69, 9.17) is 16.6 Å². The fourth-order valence-corrected chi connectivity index (χ4v) is 4.47. The normalized spacial score (nSPS) is 14.1. The Morgan fingerprint density at radius 3 is 2.31 bits per heavy atom. The lowest BCUT2D eigenvalue weighted by Gasteiger charge is -2.36. The lowest BCUT2D eigenvalue weighted by Crippen LogP contribution is -2.48. The van der Waals surface area contributed by atoms with E-state index in [1.165, 1.54) is 0 Å². The molecule has 1 fully saturated rings. The second-order valence-electron chi connectivity index (χ2n) is 8.14. The summed E-state index contributed by atoms with van der Waals surface area (Å²) >= 11 is 6.02. The van der Waals surface area contributed by atoms with E-state index in [-0.39, 0.29) is 5.91 Å². The maximum Gasteiger partial charge on any atom is 0.254 e. The summed E-state index contributed by atoms with van der Waals surface area (Å²) in [6.07, 6.45) is 0. The van der Waals surface area contributed by atoms with E-state index in [2.05, 4.69) is 24.0 Å². The molecule has 4 nitrogen and oxygen atoms in total. The largest absolute Gasteiger partial charge is 0.368 e. The van der Waals surface area contributed by atoms with E-state index >= 15 is 0 Å². The minimum atomic E-state index is 0.0641. The first-order valence-corrected chi connectivity index (χ1v) is 11.2. The van der Waals surface area contributed by atoms with Gasteiger partial charge in [-0.15, -0.1) is 0 Å². The summed E-state index contributed by atoms with van der Waals surface area (Å²) in [7, 11) is 0. The number of carbonyl (C=O) groups is 1. The molecule has 0 atom stereocenters. The highest BCUT2D eigenvalue weighted by Crippen LogP contribution is 2.28. The van der Waals surface area contributed by atoms with Gasteiger partial charge in [0.1, 0.15) is 0 Å². The lowest BCUT2D eigenvalue weighted by atomic mass is 10.00. The number of amides is 1. The molecule has 2 heterocycles. The Labute approximate surface area is 193 Å². The zero-order valence-corrected chi connectivity index (χ0v) is 18.7. The highest BCUT2D eigenvalue weighted by molar-refractivity contribution is 6.30. The van der Waals surface area contributed by atoms with Crippen molar-refractivity contribution in [2.24, 2.45) is 0 Å². The number of aryl methyl sites for hydroxylation is 1. The number of benzene rings is 3. The highest BCUT2D eigenvalue weighted by atomic mass is 35.5. The van der Waals surface area contributed by atoms with Crippen LogP contribution in [-0.4, -0.2) is 42.0 Å². The summed E-state index contributed by atoms with van der Waals surface area (Å²) in [5.41, 5.74) is 5.73. The molecule has 3 aromatic carbocycles. The van der Waals surface area contributed by atoms with Gasteiger partial charge in [0.2, 0.25) is 0 Å². The van der Waals surface area contributed by atoms with Crippen molar-refractivity contribution in [2.75, 3.05) is 31.1 Å². The molecule has 0 unspecified atom stereocenters. The predicted octanol–water partition coefficient (Wildman–Crippen LogP) is 5.83. The topological polar surface area (TPSA) is 36.4 Å². The van der Waals surface area contributed by atoms with Crippen LogP contribution >= 0.6 is 11.6 Å². The van der Waals surface area contributed by atoms with Crippen molar-refractivity contribution in [1.29, 1.82) is 0 Å². The van der Waals surface area contributed by atoms with E-state index < -0.39 is 0 Å². The van der Waals surface area contributed by atoms with E-state index in [9.17, 15) is 4.79 Å². The number of para-hydroxylation sites is 1. The molecule has 0 bridgehead atoms. The number of hydrogen-bond acceptors (Lipinski definition) is 3. The van der Waals surface area contributed by atoms with Crippen molar-refractivity contribution in [3.8, 4) is 11.3 Å². The van der Waals surface area contributed by atoms with Crippen molar-refractivity contribution in [3.05, 3.63) is 95.0 Å². The Morgan fingerprint density at radius 1 is 0.875 bits per heavy atom. The van der Waals surface area contributed by atoms with Crippen molar-refractivity contribution < 1.29 is 4.79 Å². The Morgan fingerprint density at radius 2 is 1.56 bits per heavy atom. The molecule has 1 aliphatic rings. The van der Waals surface area contributed by atoms with Gasteiger partial charge in [-0.05, 0) is 48.9 Å². The van der Waals surface area contributed by atoms with E-state index in [1.54, 1.807) is 0 Å². The average Bonchev–Trinajstić information content (AvgIpc) is 2.84. The zero-order chi connectivity index (χ0) is 22.1. The lowest BCUT2D eigenvalue weighted by molar-refractivity contribution is 0.0748. The maximum atomic E-state index is 13.6. The molecule has 0 N–H and O–H groups in total. The van der Waals surface area contributed by atoms with Gasteiger partial charge in [-0.3, -0.25) is 4.79 Å². The summed E-state index contributed by atoms with van der Waals surface area (Å²) in [6.45, 7) is 5.02. The van der Waals surface area contributed by atoms with Crippen molar-refractivity contribution >= 4 is 34.1 Å². The van der Waals surface area contributed by atoms with Crippen molar-refractivity contribution in [1.82, 2.24) is 9.88 Å².